The Morgan fingerprint density at radius 2 is 1.62 bits per heavy atom. The maximum atomic E-state index is 12.0. The predicted octanol–water partition coefficient (Wildman–Crippen LogP) is 2.84. The van der Waals surface area contributed by atoms with E-state index in [0.29, 0.717) is 17.1 Å². The highest BCUT2D eigenvalue weighted by molar-refractivity contribution is 6.33. The molecule has 6 heteroatoms. The molecule has 2 aromatic carbocycles. The molecule has 0 aliphatic rings. The van der Waals surface area contributed by atoms with E-state index in [-0.39, 0.29) is 24.8 Å². The van der Waals surface area contributed by atoms with Crippen LogP contribution in [0.1, 0.15) is 27.9 Å². The van der Waals surface area contributed by atoms with Gasteiger partial charge in [-0.3, -0.25) is 9.59 Å². The third-order valence-electron chi connectivity index (χ3n) is 3.77. The van der Waals surface area contributed by atoms with Crippen molar-refractivity contribution in [2.45, 2.75) is 19.5 Å². The van der Waals surface area contributed by atoms with Gasteiger partial charge in [0.15, 0.2) is 0 Å². The number of rotatable bonds is 8. The predicted molar refractivity (Wildman–Crippen MR) is 104 cm³/mol. The molecule has 0 atom stereocenters. The zero-order chi connectivity index (χ0) is 18.9. The van der Waals surface area contributed by atoms with Crippen molar-refractivity contribution in [3.8, 4) is 0 Å². The first-order valence-corrected chi connectivity index (χ1v) is 8.85. The van der Waals surface area contributed by atoms with Crippen molar-refractivity contribution in [1.29, 1.82) is 0 Å². The Balaban J connectivity index is 1.70. The Labute approximate surface area is 159 Å². The lowest BCUT2D eigenvalue weighted by Gasteiger charge is -2.11. The van der Waals surface area contributed by atoms with Gasteiger partial charge in [-0.2, -0.15) is 0 Å². The van der Waals surface area contributed by atoms with Crippen molar-refractivity contribution in [2.75, 3.05) is 20.6 Å². The highest BCUT2D eigenvalue weighted by atomic mass is 35.5. The van der Waals surface area contributed by atoms with E-state index in [0.717, 1.165) is 12.1 Å². The molecule has 2 N–H and O–H groups in total. The van der Waals surface area contributed by atoms with Crippen LogP contribution < -0.4 is 10.6 Å². The first kappa shape index (κ1) is 19.9. The number of carbonyl (C=O) groups is 2. The Bertz CT molecular complexity index is 745. The minimum atomic E-state index is -0.278. The van der Waals surface area contributed by atoms with Crippen molar-refractivity contribution in [3.63, 3.8) is 0 Å². The molecule has 0 fully saturated rings. The highest BCUT2D eigenvalue weighted by Gasteiger charge is 2.09. The van der Waals surface area contributed by atoms with Crippen LogP contribution in [0.25, 0.3) is 0 Å². The van der Waals surface area contributed by atoms with Crippen LogP contribution in [0.4, 0.5) is 0 Å². The van der Waals surface area contributed by atoms with E-state index in [1.165, 1.54) is 5.56 Å². The van der Waals surface area contributed by atoms with Crippen molar-refractivity contribution >= 4 is 23.4 Å². The van der Waals surface area contributed by atoms with Crippen LogP contribution in [-0.2, 0) is 17.9 Å². The topological polar surface area (TPSA) is 61.4 Å². The van der Waals surface area contributed by atoms with Gasteiger partial charge in [0, 0.05) is 26.1 Å². The molecule has 138 valence electrons. The van der Waals surface area contributed by atoms with Crippen LogP contribution in [0.5, 0.6) is 0 Å². The molecule has 0 saturated heterocycles. The molecule has 0 aliphatic heterocycles. The molecule has 2 amide bonds. The number of nitrogens with one attached hydrogen (secondary N) is 2. The normalized spacial score (nSPS) is 10.6. The Kier molecular flexibility index (Phi) is 7.63. The maximum Gasteiger partial charge on any atom is 0.252 e. The van der Waals surface area contributed by atoms with Crippen molar-refractivity contribution in [1.82, 2.24) is 15.5 Å². The molecule has 0 aromatic heterocycles. The summed E-state index contributed by atoms with van der Waals surface area (Å²) in [7, 11) is 4.05. The Morgan fingerprint density at radius 3 is 2.27 bits per heavy atom. The lowest BCUT2D eigenvalue weighted by molar-refractivity contribution is -0.121. The summed E-state index contributed by atoms with van der Waals surface area (Å²) >= 11 is 5.97. The average molecular weight is 374 g/mol. The third kappa shape index (κ3) is 6.50. The summed E-state index contributed by atoms with van der Waals surface area (Å²) in [5.74, 6) is -0.387. The molecule has 0 unspecified atom stereocenters. The van der Waals surface area contributed by atoms with Crippen LogP contribution in [-0.4, -0.2) is 37.4 Å². The van der Waals surface area contributed by atoms with Crippen LogP contribution in [0.3, 0.4) is 0 Å². The fourth-order valence-corrected chi connectivity index (χ4v) is 2.67. The molecular formula is C20H24ClN3O2. The van der Waals surface area contributed by atoms with Crippen molar-refractivity contribution in [2.24, 2.45) is 0 Å². The van der Waals surface area contributed by atoms with Crippen LogP contribution in [0.2, 0.25) is 5.02 Å². The maximum absolute atomic E-state index is 12.0. The molecule has 2 rings (SSSR count). The van der Waals surface area contributed by atoms with E-state index in [1.807, 2.05) is 26.2 Å². The number of amides is 2. The molecule has 0 heterocycles. The van der Waals surface area contributed by atoms with E-state index >= 15 is 0 Å². The number of hydrogen-bond donors (Lipinski definition) is 2. The lowest BCUT2D eigenvalue weighted by Crippen LogP contribution is -2.30. The number of carbonyl (C=O) groups excluding carboxylic acids is 2. The van der Waals surface area contributed by atoms with Gasteiger partial charge in [-0.25, -0.2) is 0 Å². The summed E-state index contributed by atoms with van der Waals surface area (Å²) in [6, 6.07) is 15.0. The monoisotopic (exact) mass is 373 g/mol. The zero-order valence-electron chi connectivity index (χ0n) is 15.1. The van der Waals surface area contributed by atoms with E-state index < -0.39 is 0 Å². The standard InChI is InChI=1S/C20H24ClN3O2/c1-24(2)14-16-9-7-15(8-10-16)13-23-19(25)11-12-22-20(26)17-5-3-4-6-18(17)21/h3-10H,11-14H2,1-2H3,(H,22,26)(H,23,25). The first-order chi connectivity index (χ1) is 12.5. The summed E-state index contributed by atoms with van der Waals surface area (Å²) in [4.78, 5) is 26.0. The van der Waals surface area contributed by atoms with Crippen LogP contribution >= 0.6 is 11.6 Å². The summed E-state index contributed by atoms with van der Waals surface area (Å²) in [5, 5.41) is 5.96. The summed E-state index contributed by atoms with van der Waals surface area (Å²) in [6.45, 7) is 1.62. The fourth-order valence-electron chi connectivity index (χ4n) is 2.45. The highest BCUT2D eigenvalue weighted by Crippen LogP contribution is 2.14. The van der Waals surface area contributed by atoms with Crippen molar-refractivity contribution in [3.05, 3.63) is 70.2 Å². The third-order valence-corrected chi connectivity index (χ3v) is 4.10. The summed E-state index contributed by atoms with van der Waals surface area (Å²) in [5.41, 5.74) is 2.68. The smallest absolute Gasteiger partial charge is 0.252 e. The van der Waals surface area contributed by atoms with Gasteiger partial charge in [-0.05, 0) is 37.4 Å². The molecule has 0 radical (unpaired) electrons. The summed E-state index contributed by atoms with van der Waals surface area (Å²) in [6.07, 6.45) is 0.217. The first-order valence-electron chi connectivity index (χ1n) is 8.47. The number of nitrogens with zero attached hydrogens (tertiary/aromatic N) is 1. The molecule has 0 aliphatic carbocycles. The Hall–Kier alpha value is -2.37. The molecule has 0 bridgehead atoms. The summed E-state index contributed by atoms with van der Waals surface area (Å²) < 4.78 is 0. The molecule has 2 aromatic rings. The SMILES string of the molecule is CN(C)Cc1ccc(CNC(=O)CCNC(=O)c2ccccc2Cl)cc1. The van der Waals surface area contributed by atoms with Gasteiger partial charge in [0.2, 0.25) is 5.91 Å². The lowest BCUT2D eigenvalue weighted by atomic mass is 10.1. The average Bonchev–Trinajstić information content (AvgIpc) is 2.61. The quantitative estimate of drug-likeness (QED) is 0.748. The second-order valence-electron chi connectivity index (χ2n) is 6.32. The number of halogens is 1. The number of benzene rings is 2. The van der Waals surface area contributed by atoms with Gasteiger partial charge in [0.05, 0.1) is 10.6 Å². The van der Waals surface area contributed by atoms with Gasteiger partial charge in [-0.15, -0.1) is 0 Å². The van der Waals surface area contributed by atoms with E-state index in [9.17, 15) is 9.59 Å². The largest absolute Gasteiger partial charge is 0.352 e. The molecule has 0 spiro atoms. The van der Waals surface area contributed by atoms with Gasteiger partial charge in [-0.1, -0.05) is 48.0 Å². The van der Waals surface area contributed by atoms with E-state index in [4.69, 9.17) is 11.6 Å². The zero-order valence-corrected chi connectivity index (χ0v) is 15.8. The molecular weight excluding hydrogens is 350 g/mol. The van der Waals surface area contributed by atoms with E-state index in [1.54, 1.807) is 24.3 Å². The number of hydrogen-bond acceptors (Lipinski definition) is 3. The van der Waals surface area contributed by atoms with Crippen LogP contribution in [0.15, 0.2) is 48.5 Å². The van der Waals surface area contributed by atoms with Gasteiger partial charge >= 0.3 is 0 Å². The van der Waals surface area contributed by atoms with Gasteiger partial charge in [0.1, 0.15) is 0 Å². The minimum Gasteiger partial charge on any atom is -0.352 e. The van der Waals surface area contributed by atoms with Crippen LogP contribution in [0, 0.1) is 0 Å². The van der Waals surface area contributed by atoms with E-state index in [2.05, 4.69) is 27.7 Å². The fraction of sp³-hybridized carbons (Fsp3) is 0.300. The molecule has 0 saturated carbocycles. The van der Waals surface area contributed by atoms with Gasteiger partial charge < -0.3 is 15.5 Å². The van der Waals surface area contributed by atoms with Crippen molar-refractivity contribution < 1.29 is 9.59 Å². The molecule has 26 heavy (non-hydrogen) atoms. The second-order valence-corrected chi connectivity index (χ2v) is 6.72. The van der Waals surface area contributed by atoms with Gasteiger partial charge in [0.25, 0.3) is 5.91 Å². The Morgan fingerprint density at radius 1 is 0.962 bits per heavy atom. The molecule has 5 nitrogen and oxygen atoms in total. The minimum absolute atomic E-state index is 0.109. The second kappa shape index (κ2) is 9.94.